The number of hydrogen-bond acceptors (Lipinski definition) is 6. The molecule has 1 amide bonds. The summed E-state index contributed by atoms with van der Waals surface area (Å²) >= 11 is 0. The molecule has 0 saturated carbocycles. The highest BCUT2D eigenvalue weighted by molar-refractivity contribution is 7.89. The highest BCUT2D eigenvalue weighted by Gasteiger charge is 2.27. The molecule has 158 valence electrons. The molecular formula is C17H27N3O6S2. The monoisotopic (exact) mass is 433 g/mol. The van der Waals surface area contributed by atoms with Crippen molar-refractivity contribution in [2.24, 2.45) is 0 Å². The van der Waals surface area contributed by atoms with E-state index in [1.165, 1.54) is 23.5 Å². The molecule has 9 nitrogen and oxygen atoms in total. The zero-order chi connectivity index (χ0) is 20.9. The highest BCUT2D eigenvalue weighted by atomic mass is 32.2. The lowest BCUT2D eigenvalue weighted by molar-refractivity contribution is 0.0920. The van der Waals surface area contributed by atoms with Crippen molar-refractivity contribution in [1.82, 2.24) is 14.3 Å². The summed E-state index contributed by atoms with van der Waals surface area (Å²) in [5, 5.41) is 2.83. The van der Waals surface area contributed by atoms with Crippen molar-refractivity contribution in [2.45, 2.75) is 30.7 Å². The van der Waals surface area contributed by atoms with Gasteiger partial charge in [0.2, 0.25) is 20.0 Å². The third-order valence-corrected chi connectivity index (χ3v) is 7.28. The van der Waals surface area contributed by atoms with Crippen LogP contribution in [0.1, 0.15) is 28.8 Å². The fraction of sp³-hybridized carbons (Fsp3) is 0.588. The SMILES string of the molecule is COCCNS(=O)(=O)c1ccc(C)c(C(=O)NC2CCCN(S(C)(=O)=O)C2)c1. The lowest BCUT2D eigenvalue weighted by Gasteiger charge is -2.31. The minimum absolute atomic E-state index is 0.0132. The number of amides is 1. The minimum Gasteiger partial charge on any atom is -0.383 e. The van der Waals surface area contributed by atoms with E-state index in [1.807, 2.05) is 0 Å². The Morgan fingerprint density at radius 3 is 2.64 bits per heavy atom. The number of benzene rings is 1. The third-order valence-electron chi connectivity index (χ3n) is 4.55. The number of methoxy groups -OCH3 is 1. The van der Waals surface area contributed by atoms with Crippen molar-refractivity contribution in [3.05, 3.63) is 29.3 Å². The molecule has 1 atom stereocenters. The van der Waals surface area contributed by atoms with E-state index >= 15 is 0 Å². The van der Waals surface area contributed by atoms with E-state index in [0.717, 1.165) is 6.26 Å². The van der Waals surface area contributed by atoms with Crippen LogP contribution in [0.15, 0.2) is 23.1 Å². The zero-order valence-electron chi connectivity index (χ0n) is 16.3. The van der Waals surface area contributed by atoms with Crippen LogP contribution in [0.25, 0.3) is 0 Å². The van der Waals surface area contributed by atoms with Gasteiger partial charge in [0.25, 0.3) is 5.91 Å². The van der Waals surface area contributed by atoms with Crippen LogP contribution in [0.2, 0.25) is 0 Å². The molecule has 1 heterocycles. The summed E-state index contributed by atoms with van der Waals surface area (Å²) in [7, 11) is -5.61. The van der Waals surface area contributed by atoms with E-state index in [0.29, 0.717) is 24.9 Å². The van der Waals surface area contributed by atoms with Gasteiger partial charge < -0.3 is 10.1 Å². The molecule has 11 heteroatoms. The van der Waals surface area contributed by atoms with Gasteiger partial charge in [-0.15, -0.1) is 0 Å². The molecule has 1 aromatic carbocycles. The largest absolute Gasteiger partial charge is 0.383 e. The Hall–Kier alpha value is -1.53. The molecular weight excluding hydrogens is 406 g/mol. The molecule has 2 N–H and O–H groups in total. The summed E-state index contributed by atoms with van der Waals surface area (Å²) in [6.07, 6.45) is 2.45. The molecule has 0 radical (unpaired) electrons. The van der Waals surface area contributed by atoms with Gasteiger partial charge in [-0.3, -0.25) is 4.79 Å². The molecule has 1 aliphatic rings. The second-order valence-electron chi connectivity index (χ2n) is 6.80. The average molecular weight is 434 g/mol. The first-order chi connectivity index (χ1) is 13.0. The van der Waals surface area contributed by atoms with Crippen LogP contribution >= 0.6 is 0 Å². The molecule has 1 fully saturated rings. The van der Waals surface area contributed by atoms with Crippen molar-refractivity contribution >= 4 is 26.0 Å². The Morgan fingerprint density at radius 1 is 1.29 bits per heavy atom. The van der Waals surface area contributed by atoms with Gasteiger partial charge in [0.05, 0.1) is 17.8 Å². The first kappa shape index (κ1) is 22.8. The number of aryl methyl sites for hydroxylation is 1. The predicted octanol–water partition coefficient (Wildman–Crippen LogP) is 0.0735. The number of sulfonamides is 2. The minimum atomic E-state index is -3.76. The Balaban J connectivity index is 2.15. The topological polar surface area (TPSA) is 122 Å². The van der Waals surface area contributed by atoms with E-state index in [2.05, 4.69) is 10.0 Å². The number of nitrogens with one attached hydrogen (secondary N) is 2. The Kier molecular flexibility index (Phi) is 7.57. The maximum Gasteiger partial charge on any atom is 0.251 e. The lowest BCUT2D eigenvalue weighted by atomic mass is 10.0. The second-order valence-corrected chi connectivity index (χ2v) is 10.6. The fourth-order valence-corrected chi connectivity index (χ4v) is 4.95. The molecule has 28 heavy (non-hydrogen) atoms. The van der Waals surface area contributed by atoms with E-state index in [1.54, 1.807) is 13.0 Å². The summed E-state index contributed by atoms with van der Waals surface area (Å²) < 4.78 is 56.8. The third kappa shape index (κ3) is 5.98. The number of nitrogens with zero attached hydrogens (tertiary/aromatic N) is 1. The number of carbonyl (C=O) groups is 1. The van der Waals surface area contributed by atoms with Crippen molar-refractivity contribution in [3.63, 3.8) is 0 Å². The quantitative estimate of drug-likeness (QED) is 0.560. The Morgan fingerprint density at radius 2 is 2.00 bits per heavy atom. The standard InChI is InChI=1S/C17H27N3O6S2/c1-13-6-7-15(28(24,25)18-8-10-26-2)11-16(13)17(21)19-14-5-4-9-20(12-14)27(3,22)23/h6-7,11,14,18H,4-5,8-10,12H2,1-3H3,(H,19,21). The molecule has 1 unspecified atom stereocenters. The van der Waals surface area contributed by atoms with Gasteiger partial charge in [0.15, 0.2) is 0 Å². The van der Waals surface area contributed by atoms with Crippen molar-refractivity contribution in [1.29, 1.82) is 0 Å². The highest BCUT2D eigenvalue weighted by Crippen LogP contribution is 2.18. The molecule has 0 spiro atoms. The predicted molar refractivity (Wildman–Crippen MR) is 105 cm³/mol. The number of rotatable bonds is 8. The molecule has 1 aromatic rings. The van der Waals surface area contributed by atoms with Crippen LogP contribution in [0.5, 0.6) is 0 Å². The molecule has 0 bridgehead atoms. The fourth-order valence-electron chi connectivity index (χ4n) is 3.00. The first-order valence-corrected chi connectivity index (χ1v) is 12.2. The summed E-state index contributed by atoms with van der Waals surface area (Å²) in [5.41, 5.74) is 0.871. The van der Waals surface area contributed by atoms with Crippen molar-refractivity contribution in [3.8, 4) is 0 Å². The van der Waals surface area contributed by atoms with Crippen LogP contribution in [-0.4, -0.2) is 72.7 Å². The maximum absolute atomic E-state index is 12.7. The van der Waals surface area contributed by atoms with Gasteiger partial charge in [-0.25, -0.2) is 25.9 Å². The number of ether oxygens (including phenoxy) is 1. The number of carbonyl (C=O) groups excluding carboxylic acids is 1. The zero-order valence-corrected chi connectivity index (χ0v) is 17.9. The van der Waals surface area contributed by atoms with Gasteiger partial charge in [0.1, 0.15) is 0 Å². The van der Waals surface area contributed by atoms with E-state index in [4.69, 9.17) is 4.74 Å². The normalized spacial score (nSPS) is 18.8. The average Bonchev–Trinajstić information content (AvgIpc) is 2.61. The molecule has 1 saturated heterocycles. The molecule has 0 aliphatic carbocycles. The smallest absolute Gasteiger partial charge is 0.251 e. The summed E-state index contributed by atoms with van der Waals surface area (Å²) in [5.74, 6) is -0.424. The second kappa shape index (κ2) is 9.31. The maximum atomic E-state index is 12.7. The van der Waals surface area contributed by atoms with E-state index in [9.17, 15) is 21.6 Å². The Labute approximate surface area is 166 Å². The van der Waals surface area contributed by atoms with Gasteiger partial charge in [-0.2, -0.15) is 0 Å². The number of hydrogen-bond donors (Lipinski definition) is 2. The summed E-state index contributed by atoms with van der Waals surface area (Å²) in [6.45, 7) is 2.72. The van der Waals surface area contributed by atoms with Crippen LogP contribution in [0, 0.1) is 6.92 Å². The van der Waals surface area contributed by atoms with E-state index < -0.39 is 26.0 Å². The molecule has 1 aliphatic heterocycles. The van der Waals surface area contributed by atoms with Gasteiger partial charge in [-0.1, -0.05) is 6.07 Å². The summed E-state index contributed by atoms with van der Waals surface area (Å²) in [4.78, 5) is 12.7. The summed E-state index contributed by atoms with van der Waals surface area (Å²) in [6, 6.07) is 4.02. The van der Waals surface area contributed by atoms with Crippen LogP contribution in [0.4, 0.5) is 0 Å². The van der Waals surface area contributed by atoms with Gasteiger partial charge in [0, 0.05) is 38.3 Å². The first-order valence-electron chi connectivity index (χ1n) is 8.90. The van der Waals surface area contributed by atoms with Crippen molar-refractivity contribution in [2.75, 3.05) is 39.6 Å². The Bertz CT molecular complexity index is 915. The number of piperidine rings is 1. The molecule has 0 aromatic heterocycles. The van der Waals surface area contributed by atoms with Crippen molar-refractivity contribution < 1.29 is 26.4 Å². The van der Waals surface area contributed by atoms with Crippen LogP contribution < -0.4 is 10.0 Å². The lowest BCUT2D eigenvalue weighted by Crippen LogP contribution is -2.49. The van der Waals surface area contributed by atoms with Crippen LogP contribution in [0.3, 0.4) is 0 Å². The van der Waals surface area contributed by atoms with Crippen LogP contribution in [-0.2, 0) is 24.8 Å². The van der Waals surface area contributed by atoms with E-state index in [-0.39, 0.29) is 36.2 Å². The van der Waals surface area contributed by atoms with Gasteiger partial charge in [-0.05, 0) is 37.5 Å². The van der Waals surface area contributed by atoms with Gasteiger partial charge >= 0.3 is 0 Å². The molecule has 2 rings (SSSR count).